The fourth-order valence-corrected chi connectivity index (χ4v) is 2.37. The van der Waals surface area contributed by atoms with Crippen molar-refractivity contribution in [1.29, 1.82) is 0 Å². The molecule has 0 amide bonds. The molecule has 0 bridgehead atoms. The highest BCUT2D eigenvalue weighted by atomic mass is 16.3. The number of rotatable bonds is 4. The first-order chi connectivity index (χ1) is 8.29. The van der Waals surface area contributed by atoms with Crippen molar-refractivity contribution in [3.8, 4) is 5.75 Å². The zero-order valence-electron chi connectivity index (χ0n) is 9.78. The number of hydrogen-bond acceptors (Lipinski definition) is 3. The summed E-state index contributed by atoms with van der Waals surface area (Å²) in [5.41, 5.74) is 7.72. The van der Waals surface area contributed by atoms with E-state index in [1.54, 1.807) is 12.1 Å². The number of aryl methyl sites for hydroxylation is 1. The summed E-state index contributed by atoms with van der Waals surface area (Å²) in [6.45, 7) is 0.690. The second kappa shape index (κ2) is 4.08. The Hall–Kier alpha value is -1.48. The molecular formula is C14H17NO2. The Labute approximate surface area is 100 Å². The Morgan fingerprint density at radius 3 is 2.88 bits per heavy atom. The van der Waals surface area contributed by atoms with E-state index in [0.29, 0.717) is 18.2 Å². The van der Waals surface area contributed by atoms with E-state index in [-0.39, 0.29) is 0 Å². The lowest BCUT2D eigenvalue weighted by Crippen LogP contribution is -2.01. The third-order valence-electron chi connectivity index (χ3n) is 3.38. The van der Waals surface area contributed by atoms with Crippen molar-refractivity contribution < 1.29 is 9.52 Å². The summed E-state index contributed by atoms with van der Waals surface area (Å²) in [5.74, 6) is 2.02. The van der Waals surface area contributed by atoms with Crippen LogP contribution in [-0.2, 0) is 6.42 Å². The molecule has 3 N–H and O–H groups in total. The minimum atomic E-state index is 0.301. The molecule has 17 heavy (non-hydrogen) atoms. The molecular weight excluding hydrogens is 214 g/mol. The Balaban J connectivity index is 2.10. The van der Waals surface area contributed by atoms with Crippen LogP contribution in [0, 0.1) is 0 Å². The molecule has 2 aromatic rings. The van der Waals surface area contributed by atoms with Crippen LogP contribution in [-0.4, -0.2) is 11.7 Å². The number of furan rings is 1. The number of phenolic OH excluding ortho intramolecular Hbond substituents is 1. The number of aromatic hydroxyl groups is 1. The van der Waals surface area contributed by atoms with Gasteiger partial charge in [0.05, 0.1) is 0 Å². The maximum Gasteiger partial charge on any atom is 0.134 e. The van der Waals surface area contributed by atoms with E-state index in [1.807, 2.05) is 6.07 Å². The van der Waals surface area contributed by atoms with Crippen molar-refractivity contribution in [3.05, 3.63) is 29.5 Å². The van der Waals surface area contributed by atoms with Crippen LogP contribution in [0.1, 0.15) is 36.5 Å². The van der Waals surface area contributed by atoms with Crippen LogP contribution in [0.25, 0.3) is 11.0 Å². The minimum absolute atomic E-state index is 0.301. The molecule has 0 unspecified atom stereocenters. The lowest BCUT2D eigenvalue weighted by Gasteiger charge is -2.00. The summed E-state index contributed by atoms with van der Waals surface area (Å²) in [6.07, 6.45) is 4.35. The van der Waals surface area contributed by atoms with E-state index in [0.717, 1.165) is 29.6 Å². The quantitative estimate of drug-likeness (QED) is 0.850. The Morgan fingerprint density at radius 1 is 1.35 bits per heavy atom. The first kappa shape index (κ1) is 10.7. The SMILES string of the molecule is NCCCc1c(C2CC2)oc2ccc(O)cc12. The molecule has 1 fully saturated rings. The lowest BCUT2D eigenvalue weighted by molar-refractivity contribution is 0.475. The maximum absolute atomic E-state index is 9.58. The van der Waals surface area contributed by atoms with Gasteiger partial charge in [-0.1, -0.05) is 0 Å². The first-order valence-corrected chi connectivity index (χ1v) is 6.24. The first-order valence-electron chi connectivity index (χ1n) is 6.24. The zero-order valence-corrected chi connectivity index (χ0v) is 9.78. The highest BCUT2D eigenvalue weighted by molar-refractivity contribution is 5.84. The van der Waals surface area contributed by atoms with Crippen molar-refractivity contribution in [3.63, 3.8) is 0 Å². The predicted octanol–water partition coefficient (Wildman–Crippen LogP) is 2.91. The van der Waals surface area contributed by atoms with Crippen molar-refractivity contribution >= 4 is 11.0 Å². The second-order valence-electron chi connectivity index (χ2n) is 4.79. The van der Waals surface area contributed by atoms with Gasteiger partial charge < -0.3 is 15.3 Å². The van der Waals surface area contributed by atoms with Gasteiger partial charge in [0.1, 0.15) is 17.1 Å². The molecule has 1 saturated carbocycles. The predicted molar refractivity (Wildman–Crippen MR) is 67.2 cm³/mol. The topological polar surface area (TPSA) is 59.4 Å². The van der Waals surface area contributed by atoms with Crippen LogP contribution in [0.2, 0.25) is 0 Å². The molecule has 3 rings (SSSR count). The molecule has 1 aromatic carbocycles. The average Bonchev–Trinajstić information content (AvgIpc) is 3.10. The Bertz CT molecular complexity index is 540. The summed E-state index contributed by atoms with van der Waals surface area (Å²) in [7, 11) is 0. The third-order valence-corrected chi connectivity index (χ3v) is 3.38. The summed E-state index contributed by atoms with van der Waals surface area (Å²) in [5, 5.41) is 10.6. The number of nitrogens with two attached hydrogens (primary N) is 1. The summed E-state index contributed by atoms with van der Waals surface area (Å²) in [6, 6.07) is 5.33. The largest absolute Gasteiger partial charge is 0.508 e. The lowest BCUT2D eigenvalue weighted by atomic mass is 10.0. The number of phenols is 1. The van der Waals surface area contributed by atoms with E-state index >= 15 is 0 Å². The smallest absolute Gasteiger partial charge is 0.134 e. The molecule has 1 heterocycles. The average molecular weight is 231 g/mol. The number of hydrogen-bond donors (Lipinski definition) is 2. The molecule has 1 aromatic heterocycles. The maximum atomic E-state index is 9.58. The van der Waals surface area contributed by atoms with E-state index in [1.165, 1.54) is 18.4 Å². The van der Waals surface area contributed by atoms with Crippen LogP contribution >= 0.6 is 0 Å². The molecule has 1 aliphatic rings. The van der Waals surface area contributed by atoms with Gasteiger partial charge in [-0.05, 0) is 50.4 Å². The number of benzene rings is 1. The van der Waals surface area contributed by atoms with Gasteiger partial charge in [0, 0.05) is 16.9 Å². The van der Waals surface area contributed by atoms with Crippen molar-refractivity contribution in [2.75, 3.05) is 6.54 Å². The fourth-order valence-electron chi connectivity index (χ4n) is 2.37. The highest BCUT2D eigenvalue weighted by Gasteiger charge is 2.30. The standard InChI is InChI=1S/C14H17NO2/c15-7-1-2-11-12-8-10(16)5-6-13(12)17-14(11)9-3-4-9/h5-6,8-9,16H,1-4,7,15H2. The van der Waals surface area contributed by atoms with Crippen LogP contribution < -0.4 is 5.73 Å². The van der Waals surface area contributed by atoms with Gasteiger partial charge in [0.15, 0.2) is 0 Å². The van der Waals surface area contributed by atoms with E-state index in [2.05, 4.69) is 0 Å². The van der Waals surface area contributed by atoms with Crippen LogP contribution in [0.15, 0.2) is 22.6 Å². The summed E-state index contributed by atoms with van der Waals surface area (Å²) >= 11 is 0. The second-order valence-corrected chi connectivity index (χ2v) is 4.79. The highest BCUT2D eigenvalue weighted by Crippen LogP contribution is 2.45. The summed E-state index contributed by atoms with van der Waals surface area (Å²) in [4.78, 5) is 0. The van der Waals surface area contributed by atoms with Gasteiger partial charge in [0.2, 0.25) is 0 Å². The van der Waals surface area contributed by atoms with Gasteiger partial charge in [0.25, 0.3) is 0 Å². The molecule has 1 aliphatic carbocycles. The molecule has 0 atom stereocenters. The van der Waals surface area contributed by atoms with Gasteiger partial charge in [-0.25, -0.2) is 0 Å². The zero-order chi connectivity index (χ0) is 11.8. The molecule has 90 valence electrons. The number of fused-ring (bicyclic) bond motifs is 1. The third kappa shape index (κ3) is 1.91. The molecule has 3 heteroatoms. The van der Waals surface area contributed by atoms with Gasteiger partial charge >= 0.3 is 0 Å². The van der Waals surface area contributed by atoms with Crippen LogP contribution in [0.4, 0.5) is 0 Å². The van der Waals surface area contributed by atoms with Crippen molar-refractivity contribution in [2.24, 2.45) is 5.73 Å². The molecule has 3 nitrogen and oxygen atoms in total. The van der Waals surface area contributed by atoms with Gasteiger partial charge in [-0.15, -0.1) is 0 Å². The Kier molecular flexibility index (Phi) is 2.56. The van der Waals surface area contributed by atoms with Gasteiger partial charge in [-0.3, -0.25) is 0 Å². The van der Waals surface area contributed by atoms with E-state index < -0.39 is 0 Å². The molecule has 0 saturated heterocycles. The van der Waals surface area contributed by atoms with Crippen LogP contribution in [0.3, 0.4) is 0 Å². The Morgan fingerprint density at radius 2 is 2.18 bits per heavy atom. The fraction of sp³-hybridized carbons (Fsp3) is 0.429. The normalized spacial score (nSPS) is 15.6. The van der Waals surface area contributed by atoms with Crippen LogP contribution in [0.5, 0.6) is 5.75 Å². The molecule has 0 aliphatic heterocycles. The van der Waals surface area contributed by atoms with Gasteiger partial charge in [-0.2, -0.15) is 0 Å². The van der Waals surface area contributed by atoms with Crippen molar-refractivity contribution in [1.82, 2.24) is 0 Å². The molecule has 0 radical (unpaired) electrons. The monoisotopic (exact) mass is 231 g/mol. The molecule has 0 spiro atoms. The van der Waals surface area contributed by atoms with Crippen molar-refractivity contribution in [2.45, 2.75) is 31.6 Å². The van der Waals surface area contributed by atoms with E-state index in [4.69, 9.17) is 10.2 Å². The minimum Gasteiger partial charge on any atom is -0.508 e. The van der Waals surface area contributed by atoms with E-state index in [9.17, 15) is 5.11 Å². The summed E-state index contributed by atoms with van der Waals surface area (Å²) < 4.78 is 5.92.